The van der Waals surface area contributed by atoms with Gasteiger partial charge in [0.1, 0.15) is 5.82 Å². The SMILES string of the molecule is CCCNCC1CCCN(c2nc(CC)ns2)C1. The van der Waals surface area contributed by atoms with Gasteiger partial charge in [-0.15, -0.1) is 0 Å². The highest BCUT2D eigenvalue weighted by Gasteiger charge is 2.22. The Kier molecular flexibility index (Phi) is 5.38. The van der Waals surface area contributed by atoms with E-state index in [1.807, 2.05) is 0 Å². The summed E-state index contributed by atoms with van der Waals surface area (Å²) in [6, 6.07) is 0. The lowest BCUT2D eigenvalue weighted by atomic mass is 9.98. The van der Waals surface area contributed by atoms with Crippen molar-refractivity contribution in [1.29, 1.82) is 0 Å². The van der Waals surface area contributed by atoms with Gasteiger partial charge in [0, 0.05) is 31.0 Å². The lowest BCUT2D eigenvalue weighted by Gasteiger charge is -2.32. The summed E-state index contributed by atoms with van der Waals surface area (Å²) in [6.07, 6.45) is 4.77. The normalized spacial score (nSPS) is 20.3. The second kappa shape index (κ2) is 7.04. The van der Waals surface area contributed by atoms with Crippen LogP contribution >= 0.6 is 11.5 Å². The van der Waals surface area contributed by atoms with Crippen LogP contribution in [-0.2, 0) is 6.42 Å². The van der Waals surface area contributed by atoms with Gasteiger partial charge in [-0.25, -0.2) is 4.98 Å². The average Bonchev–Trinajstić information content (AvgIpc) is 2.88. The van der Waals surface area contributed by atoms with Crippen LogP contribution in [0.5, 0.6) is 0 Å². The molecule has 0 spiro atoms. The largest absolute Gasteiger partial charge is 0.347 e. The number of rotatable bonds is 6. The molecule has 0 aromatic carbocycles. The summed E-state index contributed by atoms with van der Waals surface area (Å²) in [6.45, 7) is 8.88. The molecule has 1 aromatic heterocycles. The first kappa shape index (κ1) is 13.7. The summed E-state index contributed by atoms with van der Waals surface area (Å²) in [5.41, 5.74) is 0. The lowest BCUT2D eigenvalue weighted by molar-refractivity contribution is 0.392. The third kappa shape index (κ3) is 3.65. The number of hydrogen-bond donors (Lipinski definition) is 1. The second-order valence-corrected chi connectivity index (χ2v) is 5.74. The van der Waals surface area contributed by atoms with Gasteiger partial charge < -0.3 is 10.2 Å². The van der Waals surface area contributed by atoms with Crippen molar-refractivity contribution in [2.45, 2.75) is 39.5 Å². The summed E-state index contributed by atoms with van der Waals surface area (Å²) in [5, 5.41) is 4.65. The minimum atomic E-state index is 0.763. The van der Waals surface area contributed by atoms with Crippen LogP contribution in [0, 0.1) is 5.92 Å². The number of anilines is 1. The zero-order valence-corrected chi connectivity index (χ0v) is 12.3. The summed E-state index contributed by atoms with van der Waals surface area (Å²) in [7, 11) is 0. The van der Waals surface area contributed by atoms with Gasteiger partial charge in [-0.3, -0.25) is 0 Å². The van der Waals surface area contributed by atoms with Crippen LogP contribution in [0.15, 0.2) is 0 Å². The number of nitrogens with one attached hydrogen (secondary N) is 1. The molecular formula is C13H24N4S. The first-order valence-electron chi connectivity index (χ1n) is 7.11. The van der Waals surface area contributed by atoms with Crippen LogP contribution in [-0.4, -0.2) is 35.5 Å². The number of piperidine rings is 1. The number of hydrogen-bond acceptors (Lipinski definition) is 5. The van der Waals surface area contributed by atoms with Gasteiger partial charge in [0.05, 0.1) is 0 Å². The third-order valence-electron chi connectivity index (χ3n) is 3.42. The van der Waals surface area contributed by atoms with Crippen molar-refractivity contribution in [2.75, 3.05) is 31.1 Å². The Balaban J connectivity index is 1.85. The van der Waals surface area contributed by atoms with E-state index >= 15 is 0 Å². The number of aryl methyl sites for hydroxylation is 1. The number of aromatic nitrogens is 2. The highest BCUT2D eigenvalue weighted by atomic mass is 32.1. The Morgan fingerprint density at radius 2 is 2.33 bits per heavy atom. The Labute approximate surface area is 114 Å². The Morgan fingerprint density at radius 1 is 1.44 bits per heavy atom. The van der Waals surface area contributed by atoms with E-state index in [1.54, 1.807) is 11.5 Å². The Hall–Kier alpha value is -0.680. The molecule has 102 valence electrons. The highest BCUT2D eigenvalue weighted by molar-refractivity contribution is 7.09. The van der Waals surface area contributed by atoms with Crippen molar-refractivity contribution < 1.29 is 0 Å². The van der Waals surface area contributed by atoms with Crippen LogP contribution in [0.25, 0.3) is 0 Å². The molecule has 1 fully saturated rings. The molecule has 1 aliphatic rings. The third-order valence-corrected chi connectivity index (χ3v) is 4.24. The molecular weight excluding hydrogens is 244 g/mol. The minimum Gasteiger partial charge on any atom is -0.347 e. The van der Waals surface area contributed by atoms with E-state index in [9.17, 15) is 0 Å². The van der Waals surface area contributed by atoms with Crippen LogP contribution in [0.2, 0.25) is 0 Å². The quantitative estimate of drug-likeness (QED) is 0.804. The molecule has 2 heterocycles. The van der Waals surface area contributed by atoms with Crippen LogP contribution in [0.3, 0.4) is 0 Å². The maximum absolute atomic E-state index is 4.60. The maximum atomic E-state index is 4.60. The molecule has 0 saturated carbocycles. The molecule has 1 atom stereocenters. The van der Waals surface area contributed by atoms with Crippen molar-refractivity contribution in [1.82, 2.24) is 14.7 Å². The monoisotopic (exact) mass is 268 g/mol. The summed E-state index contributed by atoms with van der Waals surface area (Å²) in [4.78, 5) is 7.01. The van der Waals surface area contributed by atoms with Gasteiger partial charge in [0.15, 0.2) is 0 Å². The molecule has 0 radical (unpaired) electrons. The van der Waals surface area contributed by atoms with Gasteiger partial charge in [-0.05, 0) is 38.3 Å². The topological polar surface area (TPSA) is 41.0 Å². The molecule has 1 aliphatic heterocycles. The molecule has 2 rings (SSSR count). The molecule has 5 heteroatoms. The molecule has 0 aliphatic carbocycles. The van der Waals surface area contributed by atoms with Crippen molar-refractivity contribution in [3.05, 3.63) is 5.82 Å². The van der Waals surface area contributed by atoms with Crippen LogP contribution in [0.4, 0.5) is 5.13 Å². The molecule has 18 heavy (non-hydrogen) atoms. The number of nitrogens with zero attached hydrogens (tertiary/aromatic N) is 3. The summed E-state index contributed by atoms with van der Waals surface area (Å²) >= 11 is 1.56. The first-order valence-corrected chi connectivity index (χ1v) is 7.89. The van der Waals surface area contributed by atoms with Crippen molar-refractivity contribution in [2.24, 2.45) is 5.92 Å². The standard InChI is InChI=1S/C13H24N4S/c1-3-7-14-9-11-6-5-8-17(10-11)13-15-12(4-2)16-18-13/h11,14H,3-10H2,1-2H3. The summed E-state index contributed by atoms with van der Waals surface area (Å²) < 4.78 is 4.38. The van der Waals surface area contributed by atoms with Crippen molar-refractivity contribution in [3.63, 3.8) is 0 Å². The van der Waals surface area contributed by atoms with Gasteiger partial charge in [0.2, 0.25) is 5.13 Å². The van der Waals surface area contributed by atoms with Gasteiger partial charge >= 0.3 is 0 Å². The predicted octanol–water partition coefficient (Wildman–Crippen LogP) is 2.32. The molecule has 1 aromatic rings. The first-order chi connectivity index (χ1) is 8.83. The zero-order valence-electron chi connectivity index (χ0n) is 11.5. The van der Waals surface area contributed by atoms with E-state index in [1.165, 1.54) is 19.3 Å². The molecule has 1 N–H and O–H groups in total. The smallest absolute Gasteiger partial charge is 0.205 e. The fraction of sp³-hybridized carbons (Fsp3) is 0.846. The van der Waals surface area contributed by atoms with E-state index < -0.39 is 0 Å². The van der Waals surface area contributed by atoms with E-state index in [2.05, 4.69) is 33.4 Å². The highest BCUT2D eigenvalue weighted by Crippen LogP contribution is 2.24. The molecule has 0 amide bonds. The van der Waals surface area contributed by atoms with Crippen molar-refractivity contribution >= 4 is 16.7 Å². The molecule has 0 bridgehead atoms. The van der Waals surface area contributed by atoms with Gasteiger partial charge in [-0.1, -0.05) is 13.8 Å². The van der Waals surface area contributed by atoms with E-state index in [4.69, 9.17) is 0 Å². The molecule has 4 nitrogen and oxygen atoms in total. The molecule has 1 unspecified atom stereocenters. The average molecular weight is 268 g/mol. The minimum absolute atomic E-state index is 0.763. The molecule has 1 saturated heterocycles. The maximum Gasteiger partial charge on any atom is 0.205 e. The Bertz CT molecular complexity index is 353. The second-order valence-electron chi connectivity index (χ2n) is 5.01. The van der Waals surface area contributed by atoms with E-state index in [0.717, 1.165) is 49.5 Å². The lowest BCUT2D eigenvalue weighted by Crippen LogP contribution is -2.39. The fourth-order valence-corrected chi connectivity index (χ4v) is 3.19. The van der Waals surface area contributed by atoms with Crippen LogP contribution < -0.4 is 10.2 Å². The summed E-state index contributed by atoms with van der Waals surface area (Å²) in [5.74, 6) is 1.75. The van der Waals surface area contributed by atoms with Gasteiger partial charge in [0.25, 0.3) is 0 Å². The predicted molar refractivity (Wildman–Crippen MR) is 77.4 cm³/mol. The van der Waals surface area contributed by atoms with Crippen molar-refractivity contribution in [3.8, 4) is 0 Å². The zero-order chi connectivity index (χ0) is 12.8. The van der Waals surface area contributed by atoms with E-state index in [0.29, 0.717) is 0 Å². The van der Waals surface area contributed by atoms with E-state index in [-0.39, 0.29) is 0 Å². The fourth-order valence-electron chi connectivity index (χ4n) is 2.41. The van der Waals surface area contributed by atoms with Gasteiger partial charge in [-0.2, -0.15) is 4.37 Å². The van der Waals surface area contributed by atoms with Crippen LogP contribution in [0.1, 0.15) is 38.9 Å². The Morgan fingerprint density at radius 3 is 3.06 bits per heavy atom.